The quantitative estimate of drug-likeness (QED) is 0.635. The molecule has 0 aromatic heterocycles. The Labute approximate surface area is 123 Å². The van der Waals surface area contributed by atoms with Gasteiger partial charge in [-0.2, -0.15) is 0 Å². The van der Waals surface area contributed by atoms with Crippen LogP contribution in [-0.2, 0) is 16.4 Å². The van der Waals surface area contributed by atoms with Gasteiger partial charge in [-0.15, -0.1) is 0 Å². The van der Waals surface area contributed by atoms with Crippen LogP contribution in [0.1, 0.15) is 12.0 Å². The maximum atomic E-state index is 12.8. The molecule has 0 amide bonds. The molecule has 0 aliphatic rings. The summed E-state index contributed by atoms with van der Waals surface area (Å²) in [6, 6.07) is 12.2. The van der Waals surface area contributed by atoms with Crippen LogP contribution >= 0.6 is 0 Å². The highest BCUT2D eigenvalue weighted by molar-refractivity contribution is 7.89. The molecule has 2 aromatic rings. The first kappa shape index (κ1) is 15.5. The third kappa shape index (κ3) is 4.54. The summed E-state index contributed by atoms with van der Waals surface area (Å²) in [5.74, 6) is -0.461. The van der Waals surface area contributed by atoms with Crippen LogP contribution in [0.5, 0.6) is 0 Å². The maximum absolute atomic E-state index is 12.8. The number of benzene rings is 2. The van der Waals surface area contributed by atoms with Gasteiger partial charge in [0.15, 0.2) is 0 Å². The highest BCUT2D eigenvalue weighted by Gasteiger charge is 2.12. The van der Waals surface area contributed by atoms with Crippen molar-refractivity contribution < 1.29 is 12.8 Å². The number of halogens is 1. The van der Waals surface area contributed by atoms with Gasteiger partial charge < -0.3 is 5.73 Å². The summed E-state index contributed by atoms with van der Waals surface area (Å²) >= 11 is 0. The first-order valence-electron chi connectivity index (χ1n) is 6.57. The normalized spacial score (nSPS) is 11.5. The largest absolute Gasteiger partial charge is 0.399 e. The Kier molecular flexibility index (Phi) is 4.93. The Morgan fingerprint density at radius 2 is 1.62 bits per heavy atom. The van der Waals surface area contributed by atoms with Crippen molar-refractivity contribution in [2.45, 2.75) is 17.7 Å². The summed E-state index contributed by atoms with van der Waals surface area (Å²) < 4.78 is 39.2. The Morgan fingerprint density at radius 3 is 2.24 bits per heavy atom. The van der Waals surface area contributed by atoms with Crippen LogP contribution < -0.4 is 10.5 Å². The van der Waals surface area contributed by atoms with Gasteiger partial charge in [0.25, 0.3) is 0 Å². The monoisotopic (exact) mass is 308 g/mol. The van der Waals surface area contributed by atoms with E-state index in [0.29, 0.717) is 18.7 Å². The van der Waals surface area contributed by atoms with E-state index >= 15 is 0 Å². The standard InChI is InChI=1S/C15H17FN2O2S/c16-13-5-9-15(10-6-13)21(19,20)18-11-1-2-12-3-7-14(17)8-4-12/h3-10,18H,1-2,11,17H2. The molecule has 3 N–H and O–H groups in total. The average molecular weight is 308 g/mol. The molecule has 112 valence electrons. The van der Waals surface area contributed by atoms with Gasteiger partial charge in [0.05, 0.1) is 4.90 Å². The first-order valence-corrected chi connectivity index (χ1v) is 8.05. The van der Waals surface area contributed by atoms with E-state index in [-0.39, 0.29) is 4.90 Å². The van der Waals surface area contributed by atoms with Crippen molar-refractivity contribution in [2.24, 2.45) is 0 Å². The number of sulfonamides is 1. The predicted molar refractivity (Wildman–Crippen MR) is 80.8 cm³/mol. The van der Waals surface area contributed by atoms with E-state index in [4.69, 9.17) is 5.73 Å². The van der Waals surface area contributed by atoms with Gasteiger partial charge in [-0.1, -0.05) is 12.1 Å². The van der Waals surface area contributed by atoms with Crippen molar-refractivity contribution in [3.8, 4) is 0 Å². The minimum Gasteiger partial charge on any atom is -0.399 e. The molecule has 0 saturated carbocycles. The molecule has 21 heavy (non-hydrogen) atoms. The molecule has 0 bridgehead atoms. The molecule has 0 aliphatic carbocycles. The van der Waals surface area contributed by atoms with Crippen LogP contribution in [0.15, 0.2) is 53.4 Å². The van der Waals surface area contributed by atoms with Crippen molar-refractivity contribution >= 4 is 15.7 Å². The second-order valence-corrected chi connectivity index (χ2v) is 6.46. The minimum absolute atomic E-state index is 0.0661. The van der Waals surface area contributed by atoms with Gasteiger partial charge in [0.2, 0.25) is 10.0 Å². The fourth-order valence-electron chi connectivity index (χ4n) is 1.88. The summed E-state index contributed by atoms with van der Waals surface area (Å²) in [5, 5.41) is 0. The van der Waals surface area contributed by atoms with E-state index in [2.05, 4.69) is 4.72 Å². The molecular formula is C15H17FN2O2S. The van der Waals surface area contributed by atoms with Gasteiger partial charge in [-0.25, -0.2) is 17.5 Å². The molecule has 2 rings (SSSR count). The molecule has 0 atom stereocenters. The molecule has 0 aliphatic heterocycles. The van der Waals surface area contributed by atoms with Gasteiger partial charge in [0, 0.05) is 12.2 Å². The molecule has 0 heterocycles. The number of hydrogen-bond donors (Lipinski definition) is 2. The van der Waals surface area contributed by atoms with Crippen molar-refractivity contribution in [3.05, 3.63) is 59.9 Å². The lowest BCUT2D eigenvalue weighted by Crippen LogP contribution is -2.25. The van der Waals surface area contributed by atoms with Crippen LogP contribution in [0.3, 0.4) is 0 Å². The van der Waals surface area contributed by atoms with E-state index in [1.165, 1.54) is 12.1 Å². The molecular weight excluding hydrogens is 291 g/mol. The van der Waals surface area contributed by atoms with E-state index in [9.17, 15) is 12.8 Å². The Morgan fingerprint density at radius 1 is 1.00 bits per heavy atom. The Bertz CT molecular complexity index is 683. The molecule has 0 radical (unpaired) electrons. The number of nitrogen functional groups attached to an aromatic ring is 1. The highest BCUT2D eigenvalue weighted by atomic mass is 32.2. The number of nitrogens with one attached hydrogen (secondary N) is 1. The lowest BCUT2D eigenvalue weighted by Gasteiger charge is -2.07. The molecule has 6 heteroatoms. The molecule has 0 saturated heterocycles. The lowest BCUT2D eigenvalue weighted by atomic mass is 10.1. The Hall–Kier alpha value is -1.92. The van der Waals surface area contributed by atoms with Gasteiger partial charge >= 0.3 is 0 Å². The molecule has 0 unspecified atom stereocenters. The third-order valence-corrected chi connectivity index (χ3v) is 4.51. The molecule has 4 nitrogen and oxygen atoms in total. The molecule has 2 aromatic carbocycles. The summed E-state index contributed by atoms with van der Waals surface area (Å²) in [4.78, 5) is 0.0661. The van der Waals surface area contributed by atoms with Gasteiger partial charge in [-0.05, 0) is 54.8 Å². The third-order valence-electron chi connectivity index (χ3n) is 3.04. The number of rotatable bonds is 6. The zero-order valence-corrected chi connectivity index (χ0v) is 12.2. The number of anilines is 1. The summed E-state index contributed by atoms with van der Waals surface area (Å²) in [7, 11) is -3.57. The zero-order chi connectivity index (χ0) is 15.3. The van der Waals surface area contributed by atoms with Crippen molar-refractivity contribution in [1.82, 2.24) is 4.72 Å². The topological polar surface area (TPSA) is 72.2 Å². The van der Waals surface area contributed by atoms with Gasteiger partial charge in [0.1, 0.15) is 5.82 Å². The lowest BCUT2D eigenvalue weighted by molar-refractivity contribution is 0.578. The SMILES string of the molecule is Nc1ccc(CCCNS(=O)(=O)c2ccc(F)cc2)cc1. The highest BCUT2D eigenvalue weighted by Crippen LogP contribution is 2.10. The van der Waals surface area contributed by atoms with Gasteiger partial charge in [-0.3, -0.25) is 0 Å². The van der Waals surface area contributed by atoms with Crippen LogP contribution in [0.25, 0.3) is 0 Å². The molecule has 0 spiro atoms. The number of hydrogen-bond acceptors (Lipinski definition) is 3. The maximum Gasteiger partial charge on any atom is 0.240 e. The van der Waals surface area contributed by atoms with E-state index < -0.39 is 15.8 Å². The summed E-state index contributed by atoms with van der Waals surface area (Å²) in [6.07, 6.45) is 1.43. The first-order chi connectivity index (χ1) is 9.97. The summed E-state index contributed by atoms with van der Waals surface area (Å²) in [6.45, 7) is 0.323. The number of nitrogens with two attached hydrogens (primary N) is 1. The number of aryl methyl sites for hydroxylation is 1. The van der Waals surface area contributed by atoms with Crippen LogP contribution in [0.2, 0.25) is 0 Å². The minimum atomic E-state index is -3.57. The Balaban J connectivity index is 1.85. The second-order valence-electron chi connectivity index (χ2n) is 4.70. The van der Waals surface area contributed by atoms with Crippen molar-refractivity contribution in [2.75, 3.05) is 12.3 Å². The second kappa shape index (κ2) is 6.69. The fraction of sp³-hybridized carbons (Fsp3) is 0.200. The van der Waals surface area contributed by atoms with Crippen LogP contribution in [0.4, 0.5) is 10.1 Å². The molecule has 0 fully saturated rings. The van der Waals surface area contributed by atoms with Crippen molar-refractivity contribution in [3.63, 3.8) is 0 Å². The van der Waals surface area contributed by atoms with E-state index in [0.717, 1.165) is 24.1 Å². The summed E-state index contributed by atoms with van der Waals surface area (Å²) in [5.41, 5.74) is 7.40. The average Bonchev–Trinajstić information content (AvgIpc) is 2.46. The van der Waals surface area contributed by atoms with E-state index in [1.54, 1.807) is 0 Å². The van der Waals surface area contributed by atoms with Crippen molar-refractivity contribution in [1.29, 1.82) is 0 Å². The predicted octanol–water partition coefficient (Wildman–Crippen LogP) is 2.32. The zero-order valence-electron chi connectivity index (χ0n) is 11.4. The smallest absolute Gasteiger partial charge is 0.240 e. The van der Waals surface area contributed by atoms with Crippen LogP contribution in [-0.4, -0.2) is 15.0 Å². The fourth-order valence-corrected chi connectivity index (χ4v) is 2.95. The van der Waals surface area contributed by atoms with E-state index in [1.807, 2.05) is 24.3 Å². The van der Waals surface area contributed by atoms with Crippen LogP contribution in [0, 0.1) is 5.82 Å².